The van der Waals surface area contributed by atoms with Crippen LogP contribution in [0.4, 0.5) is 4.79 Å². The molecule has 0 aromatic rings. The van der Waals surface area contributed by atoms with Crippen molar-refractivity contribution in [1.82, 2.24) is 0 Å². The van der Waals surface area contributed by atoms with Crippen LogP contribution in [0.15, 0.2) is 0 Å². The van der Waals surface area contributed by atoms with Gasteiger partial charge in [0, 0.05) is 7.11 Å². The first-order valence-corrected chi connectivity index (χ1v) is 6.54. The van der Waals surface area contributed by atoms with E-state index in [1.54, 1.807) is 27.7 Å². The van der Waals surface area contributed by atoms with E-state index in [1.807, 2.05) is 0 Å². The van der Waals surface area contributed by atoms with E-state index in [0.29, 0.717) is 0 Å². The standard InChI is InChI=1S/C13H20O7/c1-6(2)10(14)19-9-7-8(18-12(15)17-7)11(16-5)20-13(9,3)4/h6-9,11H,1-5H3/t7-,8+,9+,11?/m1/s1. The fourth-order valence-corrected chi connectivity index (χ4v) is 2.31. The molecule has 0 aliphatic carbocycles. The van der Waals surface area contributed by atoms with Crippen LogP contribution >= 0.6 is 0 Å². The van der Waals surface area contributed by atoms with Crippen molar-refractivity contribution in [3.63, 3.8) is 0 Å². The van der Waals surface area contributed by atoms with Crippen molar-refractivity contribution >= 4 is 12.1 Å². The molecular formula is C13H20O7. The van der Waals surface area contributed by atoms with E-state index in [2.05, 4.69) is 0 Å². The Bertz CT molecular complexity index is 404. The Kier molecular flexibility index (Phi) is 3.93. The van der Waals surface area contributed by atoms with Gasteiger partial charge in [-0.2, -0.15) is 0 Å². The highest BCUT2D eigenvalue weighted by atomic mass is 16.8. The first-order chi connectivity index (χ1) is 9.26. The molecule has 0 spiro atoms. The summed E-state index contributed by atoms with van der Waals surface area (Å²) in [5.74, 6) is -0.674. The molecule has 0 aromatic carbocycles. The van der Waals surface area contributed by atoms with Gasteiger partial charge in [-0.3, -0.25) is 4.79 Å². The lowest BCUT2D eigenvalue weighted by Gasteiger charge is -2.44. The summed E-state index contributed by atoms with van der Waals surface area (Å²) in [6.07, 6.45) is -3.80. The fraction of sp³-hybridized carbons (Fsp3) is 0.846. The maximum atomic E-state index is 11.8. The summed E-state index contributed by atoms with van der Waals surface area (Å²) in [6.45, 7) is 6.95. The Morgan fingerprint density at radius 3 is 2.40 bits per heavy atom. The third-order valence-corrected chi connectivity index (χ3v) is 3.41. The van der Waals surface area contributed by atoms with Crippen molar-refractivity contribution < 1.29 is 33.3 Å². The zero-order chi connectivity index (χ0) is 15.1. The number of carbonyl (C=O) groups is 2. The third-order valence-electron chi connectivity index (χ3n) is 3.41. The summed E-state index contributed by atoms with van der Waals surface area (Å²) in [4.78, 5) is 23.2. The molecule has 4 atom stereocenters. The van der Waals surface area contributed by atoms with Gasteiger partial charge < -0.3 is 23.7 Å². The van der Waals surface area contributed by atoms with Crippen molar-refractivity contribution in [3.05, 3.63) is 0 Å². The molecule has 0 amide bonds. The Balaban J connectivity index is 2.24. The van der Waals surface area contributed by atoms with Crippen molar-refractivity contribution in [2.24, 2.45) is 5.92 Å². The monoisotopic (exact) mass is 288 g/mol. The second-order valence-electron chi connectivity index (χ2n) is 5.75. The Morgan fingerprint density at radius 1 is 1.25 bits per heavy atom. The summed E-state index contributed by atoms with van der Waals surface area (Å²) in [5, 5.41) is 0. The predicted octanol–water partition coefficient (Wildman–Crippen LogP) is 1.24. The quantitative estimate of drug-likeness (QED) is 0.723. The van der Waals surface area contributed by atoms with Gasteiger partial charge in [-0.15, -0.1) is 0 Å². The SMILES string of the molecule is COC1OC(C)(C)[C@@H](OC(=O)C(C)C)[C@@H]2OC(=O)O[C@H]12. The maximum absolute atomic E-state index is 11.8. The lowest BCUT2D eigenvalue weighted by molar-refractivity contribution is -0.299. The van der Waals surface area contributed by atoms with Crippen molar-refractivity contribution in [3.8, 4) is 0 Å². The average molecular weight is 288 g/mol. The Hall–Kier alpha value is -1.34. The highest BCUT2D eigenvalue weighted by Crippen LogP contribution is 2.38. The number of methoxy groups -OCH3 is 1. The van der Waals surface area contributed by atoms with Crippen LogP contribution in [0.25, 0.3) is 0 Å². The normalized spacial score (nSPS) is 35.2. The van der Waals surface area contributed by atoms with Crippen LogP contribution < -0.4 is 0 Å². The molecule has 2 heterocycles. The summed E-state index contributed by atoms with van der Waals surface area (Å²) >= 11 is 0. The molecule has 0 N–H and O–H groups in total. The first kappa shape index (κ1) is 15.1. The zero-order valence-corrected chi connectivity index (χ0v) is 12.2. The maximum Gasteiger partial charge on any atom is 0.509 e. The van der Waals surface area contributed by atoms with E-state index in [4.69, 9.17) is 23.7 Å². The summed E-state index contributed by atoms with van der Waals surface area (Å²) in [7, 11) is 1.45. The van der Waals surface area contributed by atoms with E-state index in [0.717, 1.165) is 0 Å². The highest BCUT2D eigenvalue weighted by Gasteiger charge is 2.59. The van der Waals surface area contributed by atoms with E-state index in [-0.39, 0.29) is 11.9 Å². The molecule has 114 valence electrons. The Labute approximate surface area is 117 Å². The van der Waals surface area contributed by atoms with Gasteiger partial charge in [0.15, 0.2) is 24.6 Å². The van der Waals surface area contributed by atoms with Crippen molar-refractivity contribution in [1.29, 1.82) is 0 Å². The van der Waals surface area contributed by atoms with E-state index in [9.17, 15) is 9.59 Å². The second-order valence-corrected chi connectivity index (χ2v) is 5.75. The van der Waals surface area contributed by atoms with Gasteiger partial charge >= 0.3 is 12.1 Å². The van der Waals surface area contributed by atoms with Crippen LogP contribution in [-0.2, 0) is 28.5 Å². The molecular weight excluding hydrogens is 268 g/mol. The average Bonchev–Trinajstić information content (AvgIpc) is 2.73. The van der Waals surface area contributed by atoms with E-state index < -0.39 is 36.4 Å². The van der Waals surface area contributed by atoms with Gasteiger partial charge in [-0.25, -0.2) is 4.79 Å². The molecule has 7 nitrogen and oxygen atoms in total. The van der Waals surface area contributed by atoms with Crippen molar-refractivity contribution in [2.45, 2.75) is 57.9 Å². The minimum absolute atomic E-state index is 0.289. The Morgan fingerprint density at radius 2 is 1.85 bits per heavy atom. The number of carbonyl (C=O) groups excluding carboxylic acids is 2. The van der Waals surface area contributed by atoms with Crippen LogP contribution in [0.3, 0.4) is 0 Å². The van der Waals surface area contributed by atoms with Gasteiger partial charge in [-0.1, -0.05) is 13.8 Å². The molecule has 0 radical (unpaired) electrons. The molecule has 2 saturated heterocycles. The van der Waals surface area contributed by atoms with Crippen LogP contribution in [0.2, 0.25) is 0 Å². The molecule has 2 aliphatic heterocycles. The van der Waals surface area contributed by atoms with Gasteiger partial charge in [0.25, 0.3) is 0 Å². The molecule has 2 fully saturated rings. The molecule has 20 heavy (non-hydrogen) atoms. The van der Waals surface area contributed by atoms with E-state index in [1.165, 1.54) is 7.11 Å². The minimum atomic E-state index is -0.861. The molecule has 0 bridgehead atoms. The predicted molar refractivity (Wildman–Crippen MR) is 65.8 cm³/mol. The second kappa shape index (κ2) is 5.21. The zero-order valence-electron chi connectivity index (χ0n) is 12.2. The number of hydrogen-bond acceptors (Lipinski definition) is 7. The number of fused-ring (bicyclic) bond motifs is 1. The van der Waals surface area contributed by atoms with Crippen LogP contribution in [0.5, 0.6) is 0 Å². The van der Waals surface area contributed by atoms with Gasteiger partial charge in [0.1, 0.15) is 5.60 Å². The van der Waals surface area contributed by atoms with Gasteiger partial charge in [0.05, 0.1) is 5.92 Å². The minimum Gasteiger partial charge on any atom is -0.455 e. The first-order valence-electron chi connectivity index (χ1n) is 6.54. The van der Waals surface area contributed by atoms with Crippen LogP contribution in [0.1, 0.15) is 27.7 Å². The highest BCUT2D eigenvalue weighted by molar-refractivity contribution is 5.72. The lowest BCUT2D eigenvalue weighted by atomic mass is 9.89. The number of esters is 1. The largest absolute Gasteiger partial charge is 0.509 e. The number of ether oxygens (including phenoxy) is 5. The fourth-order valence-electron chi connectivity index (χ4n) is 2.31. The summed E-state index contributed by atoms with van der Waals surface area (Å²) in [5.41, 5.74) is -0.861. The number of hydrogen-bond donors (Lipinski definition) is 0. The lowest BCUT2D eigenvalue weighted by Crippen LogP contribution is -2.62. The van der Waals surface area contributed by atoms with Crippen molar-refractivity contribution in [2.75, 3.05) is 7.11 Å². The topological polar surface area (TPSA) is 80.3 Å². The molecule has 0 saturated carbocycles. The smallest absolute Gasteiger partial charge is 0.455 e. The van der Waals surface area contributed by atoms with E-state index >= 15 is 0 Å². The van der Waals surface area contributed by atoms with Crippen LogP contribution in [0, 0.1) is 5.92 Å². The molecule has 1 unspecified atom stereocenters. The molecule has 7 heteroatoms. The molecule has 2 aliphatic rings. The van der Waals surface area contributed by atoms with Gasteiger partial charge in [-0.05, 0) is 13.8 Å². The molecule has 2 rings (SSSR count). The third kappa shape index (κ3) is 2.60. The van der Waals surface area contributed by atoms with Gasteiger partial charge in [0.2, 0.25) is 0 Å². The summed E-state index contributed by atoms with van der Waals surface area (Å²) < 4.78 is 26.5. The molecule has 0 aromatic heterocycles. The number of rotatable bonds is 3. The van der Waals surface area contributed by atoms with Crippen LogP contribution in [-0.4, -0.2) is 49.4 Å². The summed E-state index contributed by atoms with van der Waals surface area (Å²) in [6, 6.07) is 0.